The average Bonchev–Trinajstić information content (AvgIpc) is 2.99. The zero-order valence-electron chi connectivity index (χ0n) is 14.5. The SMILES string of the molecule is CO[C@@H]1C[C@H](c2nc(C)no2)N(C(=O)C(C2CC2)N2CCCC2)C1. The fourth-order valence-electron chi connectivity index (χ4n) is 4.15. The number of carbonyl (C=O) groups is 1. The Morgan fingerprint density at radius 2 is 2.08 bits per heavy atom. The number of aromatic nitrogens is 2. The topological polar surface area (TPSA) is 71.7 Å². The van der Waals surface area contributed by atoms with Crippen molar-refractivity contribution in [2.75, 3.05) is 26.7 Å². The first-order valence-corrected chi connectivity index (χ1v) is 9.05. The molecule has 7 nitrogen and oxygen atoms in total. The quantitative estimate of drug-likeness (QED) is 0.813. The lowest BCUT2D eigenvalue weighted by molar-refractivity contribution is -0.139. The van der Waals surface area contributed by atoms with Crippen LogP contribution in [0.3, 0.4) is 0 Å². The molecule has 1 amide bonds. The van der Waals surface area contributed by atoms with E-state index < -0.39 is 0 Å². The standard InChI is InChI=1S/C17H26N4O3/c1-11-18-16(24-19-11)14-9-13(23-2)10-21(14)17(22)15(12-5-6-12)20-7-3-4-8-20/h12-15H,3-10H2,1-2H3/t13-,14-,15?/m1/s1. The Labute approximate surface area is 142 Å². The van der Waals surface area contributed by atoms with Crippen LogP contribution in [0.4, 0.5) is 0 Å². The van der Waals surface area contributed by atoms with Crippen molar-refractivity contribution in [1.29, 1.82) is 0 Å². The lowest BCUT2D eigenvalue weighted by atomic mass is 10.1. The van der Waals surface area contributed by atoms with Gasteiger partial charge in [-0.25, -0.2) is 0 Å². The predicted octanol–water partition coefficient (Wildman–Crippen LogP) is 1.54. The Balaban J connectivity index is 1.57. The summed E-state index contributed by atoms with van der Waals surface area (Å²) in [5, 5.41) is 3.90. The van der Waals surface area contributed by atoms with Crippen LogP contribution in [0.5, 0.6) is 0 Å². The van der Waals surface area contributed by atoms with Gasteiger partial charge in [0, 0.05) is 20.1 Å². The Hall–Kier alpha value is -1.47. The summed E-state index contributed by atoms with van der Waals surface area (Å²) in [5.41, 5.74) is 0. The first kappa shape index (κ1) is 16.0. The molecule has 0 radical (unpaired) electrons. The summed E-state index contributed by atoms with van der Waals surface area (Å²) < 4.78 is 10.9. The summed E-state index contributed by atoms with van der Waals surface area (Å²) in [5.74, 6) is 1.88. The monoisotopic (exact) mass is 334 g/mol. The summed E-state index contributed by atoms with van der Waals surface area (Å²) >= 11 is 0. The van der Waals surface area contributed by atoms with Crippen molar-refractivity contribution in [2.45, 2.75) is 57.2 Å². The van der Waals surface area contributed by atoms with Crippen LogP contribution in [0.15, 0.2) is 4.52 Å². The molecule has 4 rings (SSSR count). The Bertz CT molecular complexity index is 594. The van der Waals surface area contributed by atoms with E-state index in [9.17, 15) is 4.79 Å². The van der Waals surface area contributed by atoms with E-state index in [0.29, 0.717) is 24.2 Å². The van der Waals surface area contributed by atoms with Crippen molar-refractivity contribution < 1.29 is 14.1 Å². The number of rotatable bonds is 5. The molecular weight excluding hydrogens is 308 g/mol. The van der Waals surface area contributed by atoms with Crippen LogP contribution in [0.25, 0.3) is 0 Å². The van der Waals surface area contributed by atoms with Gasteiger partial charge in [-0.1, -0.05) is 5.16 Å². The number of methoxy groups -OCH3 is 1. The van der Waals surface area contributed by atoms with Gasteiger partial charge in [0.1, 0.15) is 6.04 Å². The van der Waals surface area contributed by atoms with E-state index in [1.165, 1.54) is 25.7 Å². The van der Waals surface area contributed by atoms with E-state index in [2.05, 4.69) is 15.0 Å². The van der Waals surface area contributed by atoms with Gasteiger partial charge in [-0.05, 0) is 51.6 Å². The number of nitrogens with zero attached hydrogens (tertiary/aromatic N) is 4. The lowest BCUT2D eigenvalue weighted by Crippen LogP contribution is -2.49. The van der Waals surface area contributed by atoms with E-state index >= 15 is 0 Å². The van der Waals surface area contributed by atoms with Gasteiger partial charge in [0.15, 0.2) is 5.82 Å². The highest BCUT2D eigenvalue weighted by molar-refractivity contribution is 5.83. The molecule has 1 aromatic rings. The smallest absolute Gasteiger partial charge is 0.249 e. The first-order chi connectivity index (χ1) is 11.7. The molecule has 0 aromatic carbocycles. The molecule has 1 aromatic heterocycles. The zero-order chi connectivity index (χ0) is 16.7. The average molecular weight is 334 g/mol. The highest BCUT2D eigenvalue weighted by Gasteiger charge is 2.47. The molecule has 1 aliphatic carbocycles. The van der Waals surface area contributed by atoms with E-state index in [0.717, 1.165) is 19.5 Å². The van der Waals surface area contributed by atoms with Crippen molar-refractivity contribution in [3.63, 3.8) is 0 Å². The molecule has 0 spiro atoms. The third kappa shape index (κ3) is 2.95. The molecule has 24 heavy (non-hydrogen) atoms. The number of ether oxygens (including phenoxy) is 1. The normalized spacial score (nSPS) is 29.3. The molecule has 7 heteroatoms. The zero-order valence-corrected chi connectivity index (χ0v) is 14.5. The fourth-order valence-corrected chi connectivity index (χ4v) is 4.15. The van der Waals surface area contributed by atoms with Crippen molar-refractivity contribution in [3.8, 4) is 0 Å². The van der Waals surface area contributed by atoms with E-state index in [1.54, 1.807) is 14.0 Å². The van der Waals surface area contributed by atoms with Crippen LogP contribution < -0.4 is 0 Å². The second kappa shape index (κ2) is 6.44. The van der Waals surface area contributed by atoms with E-state index in [1.807, 2.05) is 4.90 Å². The minimum atomic E-state index is -0.160. The maximum absolute atomic E-state index is 13.4. The Morgan fingerprint density at radius 3 is 2.67 bits per heavy atom. The second-order valence-electron chi connectivity index (χ2n) is 7.30. The molecule has 132 valence electrons. The van der Waals surface area contributed by atoms with Gasteiger partial charge in [-0.3, -0.25) is 9.69 Å². The Kier molecular flexibility index (Phi) is 4.30. The minimum Gasteiger partial charge on any atom is -0.380 e. The number of amides is 1. The Morgan fingerprint density at radius 1 is 1.33 bits per heavy atom. The van der Waals surface area contributed by atoms with Gasteiger partial charge in [-0.2, -0.15) is 4.98 Å². The van der Waals surface area contributed by atoms with Crippen LogP contribution in [0, 0.1) is 12.8 Å². The van der Waals surface area contributed by atoms with Crippen LogP contribution >= 0.6 is 0 Å². The summed E-state index contributed by atoms with van der Waals surface area (Å²) in [6.07, 6.45) is 5.48. The van der Waals surface area contributed by atoms with Gasteiger partial charge in [0.25, 0.3) is 0 Å². The van der Waals surface area contributed by atoms with Crippen molar-refractivity contribution in [1.82, 2.24) is 19.9 Å². The molecule has 3 heterocycles. The van der Waals surface area contributed by atoms with Gasteiger partial charge in [0.05, 0.1) is 12.1 Å². The van der Waals surface area contributed by atoms with E-state index in [4.69, 9.17) is 9.26 Å². The van der Waals surface area contributed by atoms with Crippen molar-refractivity contribution in [2.24, 2.45) is 5.92 Å². The maximum Gasteiger partial charge on any atom is 0.249 e. The molecule has 3 aliphatic rings. The number of likely N-dealkylation sites (tertiary alicyclic amines) is 2. The number of aryl methyl sites for hydroxylation is 1. The predicted molar refractivity (Wildman–Crippen MR) is 86.2 cm³/mol. The number of hydrogen-bond donors (Lipinski definition) is 0. The first-order valence-electron chi connectivity index (χ1n) is 9.05. The van der Waals surface area contributed by atoms with Crippen molar-refractivity contribution in [3.05, 3.63) is 11.7 Å². The summed E-state index contributed by atoms with van der Waals surface area (Å²) in [4.78, 5) is 22.1. The molecule has 0 bridgehead atoms. The fraction of sp³-hybridized carbons (Fsp3) is 0.824. The molecule has 0 N–H and O–H groups in total. The highest BCUT2D eigenvalue weighted by Crippen LogP contribution is 2.40. The van der Waals surface area contributed by atoms with Gasteiger partial charge in [0.2, 0.25) is 11.8 Å². The van der Waals surface area contributed by atoms with Crippen LogP contribution in [0.1, 0.15) is 49.9 Å². The molecule has 3 fully saturated rings. The highest BCUT2D eigenvalue weighted by atomic mass is 16.5. The second-order valence-corrected chi connectivity index (χ2v) is 7.30. The molecule has 3 atom stereocenters. The number of hydrogen-bond acceptors (Lipinski definition) is 6. The third-order valence-electron chi connectivity index (χ3n) is 5.56. The van der Waals surface area contributed by atoms with Crippen LogP contribution in [-0.2, 0) is 9.53 Å². The van der Waals surface area contributed by atoms with Crippen LogP contribution in [0.2, 0.25) is 0 Å². The minimum absolute atomic E-state index is 0.0228. The summed E-state index contributed by atoms with van der Waals surface area (Å²) in [7, 11) is 1.70. The molecule has 1 saturated carbocycles. The maximum atomic E-state index is 13.4. The molecule has 2 saturated heterocycles. The van der Waals surface area contributed by atoms with Crippen molar-refractivity contribution >= 4 is 5.91 Å². The molecular formula is C17H26N4O3. The van der Waals surface area contributed by atoms with E-state index in [-0.39, 0.29) is 24.1 Å². The summed E-state index contributed by atoms with van der Waals surface area (Å²) in [6.45, 7) is 4.50. The van der Waals surface area contributed by atoms with Gasteiger partial charge >= 0.3 is 0 Å². The van der Waals surface area contributed by atoms with Gasteiger partial charge < -0.3 is 14.2 Å². The van der Waals surface area contributed by atoms with Crippen LogP contribution in [-0.4, -0.2) is 64.7 Å². The molecule has 1 unspecified atom stereocenters. The van der Waals surface area contributed by atoms with Gasteiger partial charge in [-0.15, -0.1) is 0 Å². The number of carbonyl (C=O) groups excluding carboxylic acids is 1. The molecule has 2 aliphatic heterocycles. The largest absolute Gasteiger partial charge is 0.380 e. The third-order valence-corrected chi connectivity index (χ3v) is 5.56. The summed E-state index contributed by atoms with van der Waals surface area (Å²) in [6, 6.07) is -0.137. The lowest BCUT2D eigenvalue weighted by Gasteiger charge is -2.32.